The molecule has 0 saturated heterocycles. The van der Waals surface area contributed by atoms with E-state index in [2.05, 4.69) is 20.9 Å². The van der Waals surface area contributed by atoms with Crippen molar-refractivity contribution in [3.8, 4) is 11.1 Å². The number of rotatable bonds is 3. The smallest absolute Gasteiger partial charge is 0.251 e. The van der Waals surface area contributed by atoms with Crippen molar-refractivity contribution in [2.24, 2.45) is 0 Å². The van der Waals surface area contributed by atoms with E-state index in [1.54, 1.807) is 18.3 Å². The quantitative estimate of drug-likeness (QED) is 0.844. The molecule has 0 aliphatic heterocycles. The van der Waals surface area contributed by atoms with Crippen molar-refractivity contribution in [1.82, 2.24) is 4.98 Å². The van der Waals surface area contributed by atoms with Crippen LogP contribution >= 0.6 is 15.9 Å². The number of aromatic amines is 1. The Balaban J connectivity index is 2.67. The molecular weight excluding hydrogens is 309 g/mol. The fourth-order valence-electron chi connectivity index (χ4n) is 2.23. The predicted molar refractivity (Wildman–Crippen MR) is 79.2 cm³/mol. The van der Waals surface area contributed by atoms with Gasteiger partial charge in [0.15, 0.2) is 0 Å². The van der Waals surface area contributed by atoms with E-state index in [4.69, 9.17) is 0 Å². The third-order valence-electron chi connectivity index (χ3n) is 3.11. The minimum atomic E-state index is -0.266. The van der Waals surface area contributed by atoms with Crippen molar-refractivity contribution < 1.29 is 4.39 Å². The molecule has 2 aromatic rings. The van der Waals surface area contributed by atoms with Gasteiger partial charge in [-0.25, -0.2) is 4.39 Å². The van der Waals surface area contributed by atoms with Crippen LogP contribution in [0.1, 0.15) is 30.9 Å². The van der Waals surface area contributed by atoms with Crippen LogP contribution in [-0.4, -0.2) is 4.98 Å². The summed E-state index contributed by atoms with van der Waals surface area (Å²) in [6.07, 6.45) is 1.69. The van der Waals surface area contributed by atoms with Gasteiger partial charge < -0.3 is 4.98 Å². The minimum Gasteiger partial charge on any atom is -0.328 e. The molecule has 0 bridgehead atoms. The predicted octanol–water partition coefficient (Wildman–Crippen LogP) is 4.20. The average Bonchev–Trinajstić information content (AvgIpc) is 2.39. The highest BCUT2D eigenvalue weighted by molar-refractivity contribution is 9.08. The molecule has 1 N–H and O–H groups in total. The van der Waals surface area contributed by atoms with Crippen LogP contribution in [0.25, 0.3) is 11.1 Å². The number of pyridine rings is 1. The summed E-state index contributed by atoms with van der Waals surface area (Å²) in [7, 11) is 0. The van der Waals surface area contributed by atoms with Crippen LogP contribution in [0.15, 0.2) is 35.3 Å². The summed E-state index contributed by atoms with van der Waals surface area (Å²) in [4.78, 5) is 14.7. The van der Waals surface area contributed by atoms with Gasteiger partial charge in [0.05, 0.1) is 0 Å². The lowest BCUT2D eigenvalue weighted by Gasteiger charge is -2.14. The Morgan fingerprint density at radius 2 is 1.89 bits per heavy atom. The van der Waals surface area contributed by atoms with Gasteiger partial charge in [0.1, 0.15) is 5.82 Å². The molecule has 0 aliphatic rings. The molecule has 100 valence electrons. The molecule has 0 fully saturated rings. The third-order valence-corrected chi connectivity index (χ3v) is 3.67. The second-order valence-corrected chi connectivity index (χ2v) is 5.28. The van der Waals surface area contributed by atoms with Crippen molar-refractivity contribution >= 4 is 15.9 Å². The van der Waals surface area contributed by atoms with E-state index in [9.17, 15) is 9.18 Å². The first-order chi connectivity index (χ1) is 9.04. The van der Waals surface area contributed by atoms with Crippen LogP contribution in [0, 0.1) is 5.82 Å². The van der Waals surface area contributed by atoms with Gasteiger partial charge in [0.25, 0.3) is 5.56 Å². The number of H-pyrrole nitrogens is 1. The van der Waals surface area contributed by atoms with Gasteiger partial charge >= 0.3 is 0 Å². The summed E-state index contributed by atoms with van der Waals surface area (Å²) in [5, 5.41) is 0.594. The number of hydrogen-bond acceptors (Lipinski definition) is 1. The third kappa shape index (κ3) is 2.78. The van der Waals surface area contributed by atoms with Gasteiger partial charge in [0, 0.05) is 22.7 Å². The first kappa shape index (κ1) is 14.0. The maximum atomic E-state index is 13.0. The van der Waals surface area contributed by atoms with Gasteiger partial charge in [-0.3, -0.25) is 4.79 Å². The lowest BCUT2D eigenvalue weighted by molar-refractivity contribution is 0.628. The summed E-state index contributed by atoms with van der Waals surface area (Å²) >= 11 is 3.45. The number of hydrogen-bond donors (Lipinski definition) is 1. The first-order valence-corrected chi connectivity index (χ1v) is 7.23. The van der Waals surface area contributed by atoms with E-state index in [1.807, 2.05) is 13.8 Å². The molecule has 19 heavy (non-hydrogen) atoms. The largest absolute Gasteiger partial charge is 0.328 e. The Labute approximate surface area is 119 Å². The zero-order valence-electron chi connectivity index (χ0n) is 10.8. The lowest BCUT2D eigenvalue weighted by Crippen LogP contribution is -2.17. The molecule has 0 unspecified atom stereocenters. The number of nitrogens with one attached hydrogen (secondary N) is 1. The molecule has 1 aromatic carbocycles. The number of halogens is 2. The molecule has 2 nitrogen and oxygen atoms in total. The van der Waals surface area contributed by atoms with Crippen LogP contribution < -0.4 is 5.56 Å². The molecular formula is C15H15BrFNO. The minimum absolute atomic E-state index is 0.0599. The van der Waals surface area contributed by atoms with Crippen molar-refractivity contribution in [2.75, 3.05) is 0 Å². The molecule has 0 atom stereocenters. The van der Waals surface area contributed by atoms with E-state index in [0.29, 0.717) is 5.33 Å². The highest BCUT2D eigenvalue weighted by Gasteiger charge is 2.15. The van der Waals surface area contributed by atoms with Gasteiger partial charge in [-0.05, 0) is 29.2 Å². The Kier molecular flexibility index (Phi) is 4.20. The average molecular weight is 324 g/mol. The summed E-state index contributed by atoms with van der Waals surface area (Å²) in [6.45, 7) is 3.98. The van der Waals surface area contributed by atoms with Gasteiger partial charge in [0.2, 0.25) is 0 Å². The van der Waals surface area contributed by atoms with Crippen molar-refractivity contribution in [3.63, 3.8) is 0 Å². The molecule has 0 aliphatic carbocycles. The summed E-state index contributed by atoms with van der Waals surface area (Å²) in [6, 6.07) is 6.29. The normalized spacial score (nSPS) is 11.0. The van der Waals surface area contributed by atoms with Crippen LogP contribution in [0.3, 0.4) is 0 Å². The molecule has 1 aromatic heterocycles. The van der Waals surface area contributed by atoms with E-state index in [0.717, 1.165) is 22.3 Å². The van der Waals surface area contributed by atoms with Crippen molar-refractivity contribution in [3.05, 3.63) is 57.8 Å². The molecule has 0 spiro atoms. The molecule has 1 heterocycles. The Bertz CT molecular complexity index is 632. The zero-order valence-corrected chi connectivity index (χ0v) is 12.4. The van der Waals surface area contributed by atoms with E-state index < -0.39 is 0 Å². The Hall–Kier alpha value is -1.42. The molecule has 0 saturated carbocycles. The molecule has 0 amide bonds. The first-order valence-electron chi connectivity index (χ1n) is 6.11. The summed E-state index contributed by atoms with van der Waals surface area (Å²) in [5.74, 6) is -0.130. The van der Waals surface area contributed by atoms with Crippen LogP contribution in [0.2, 0.25) is 0 Å². The Morgan fingerprint density at radius 3 is 2.42 bits per heavy atom. The monoisotopic (exact) mass is 323 g/mol. The zero-order chi connectivity index (χ0) is 14.0. The second-order valence-electron chi connectivity index (χ2n) is 4.72. The van der Waals surface area contributed by atoms with Crippen molar-refractivity contribution in [1.29, 1.82) is 0 Å². The van der Waals surface area contributed by atoms with Gasteiger partial charge in [-0.2, -0.15) is 0 Å². The number of benzene rings is 1. The fourth-order valence-corrected chi connectivity index (χ4v) is 2.83. The molecule has 2 rings (SSSR count). The maximum absolute atomic E-state index is 13.0. The fraction of sp³-hybridized carbons (Fsp3) is 0.267. The van der Waals surface area contributed by atoms with Crippen LogP contribution in [0.5, 0.6) is 0 Å². The van der Waals surface area contributed by atoms with E-state index in [-0.39, 0.29) is 17.3 Å². The SMILES string of the molecule is CC(C)c1c(CBr)c(-c2ccc(F)cc2)c[nH]c1=O. The van der Waals surface area contributed by atoms with Crippen LogP contribution in [0.4, 0.5) is 4.39 Å². The van der Waals surface area contributed by atoms with Gasteiger partial charge in [-0.15, -0.1) is 0 Å². The molecule has 0 radical (unpaired) electrons. The van der Waals surface area contributed by atoms with E-state index in [1.165, 1.54) is 12.1 Å². The maximum Gasteiger partial charge on any atom is 0.251 e. The summed E-state index contributed by atoms with van der Waals surface area (Å²) < 4.78 is 13.0. The van der Waals surface area contributed by atoms with Crippen LogP contribution in [-0.2, 0) is 5.33 Å². The molecule has 4 heteroatoms. The topological polar surface area (TPSA) is 32.9 Å². The summed E-state index contributed by atoms with van der Waals surface area (Å²) in [5.41, 5.74) is 3.51. The van der Waals surface area contributed by atoms with Gasteiger partial charge in [-0.1, -0.05) is 41.9 Å². The van der Waals surface area contributed by atoms with E-state index >= 15 is 0 Å². The van der Waals surface area contributed by atoms with Crippen molar-refractivity contribution in [2.45, 2.75) is 25.1 Å². The Morgan fingerprint density at radius 1 is 1.26 bits per heavy atom. The standard InChI is InChI=1S/C15H15BrFNO/c1-9(2)14-12(7-16)13(8-18-15(14)19)10-3-5-11(17)6-4-10/h3-6,8-9H,7H2,1-2H3,(H,18,19). The highest BCUT2D eigenvalue weighted by atomic mass is 79.9. The number of aromatic nitrogens is 1. The highest BCUT2D eigenvalue weighted by Crippen LogP contribution is 2.29. The lowest BCUT2D eigenvalue weighted by atomic mass is 9.93. The number of alkyl halides is 1. The second kappa shape index (κ2) is 5.70.